The maximum Gasteiger partial charge on any atom is 0.231 e. The molecule has 6 heteroatoms. The predicted octanol–water partition coefficient (Wildman–Crippen LogP) is 3.21. The van der Waals surface area contributed by atoms with Crippen molar-refractivity contribution in [1.82, 2.24) is 10.1 Å². The van der Waals surface area contributed by atoms with Gasteiger partial charge in [0, 0.05) is 6.07 Å². The van der Waals surface area contributed by atoms with Crippen LogP contribution in [0.5, 0.6) is 0 Å². The van der Waals surface area contributed by atoms with Crippen LogP contribution in [-0.4, -0.2) is 10.1 Å². The number of hydrogen-bond donors (Lipinski definition) is 1. The topological polar surface area (TPSA) is 74.7 Å². The van der Waals surface area contributed by atoms with E-state index in [0.29, 0.717) is 11.4 Å². The molecule has 2 heterocycles. The zero-order valence-electron chi connectivity index (χ0n) is 9.47. The van der Waals surface area contributed by atoms with Crippen LogP contribution >= 0.6 is 11.3 Å². The van der Waals surface area contributed by atoms with Crippen LogP contribution in [0.4, 0.5) is 11.0 Å². The van der Waals surface area contributed by atoms with E-state index in [4.69, 9.17) is 9.78 Å². The Hall–Kier alpha value is -2.39. The third-order valence-corrected chi connectivity index (χ3v) is 3.31. The minimum atomic E-state index is 0.562. The van der Waals surface area contributed by atoms with E-state index in [0.717, 1.165) is 21.0 Å². The average molecular weight is 256 g/mol. The highest BCUT2D eigenvalue weighted by molar-refractivity contribution is 7.22. The molecule has 1 N–H and O–H groups in total. The Kier molecular flexibility index (Phi) is 2.46. The molecule has 3 aromatic rings. The lowest BCUT2D eigenvalue weighted by Gasteiger charge is -1.92. The molecule has 5 nitrogen and oxygen atoms in total. The van der Waals surface area contributed by atoms with Gasteiger partial charge in [0.05, 0.1) is 27.5 Å². The van der Waals surface area contributed by atoms with Crippen LogP contribution in [0.25, 0.3) is 10.2 Å². The van der Waals surface area contributed by atoms with Gasteiger partial charge in [0.1, 0.15) is 0 Å². The van der Waals surface area contributed by atoms with Crippen molar-refractivity contribution in [2.75, 3.05) is 5.32 Å². The van der Waals surface area contributed by atoms with Crippen LogP contribution in [0.15, 0.2) is 28.8 Å². The second kappa shape index (κ2) is 4.13. The molecule has 0 radical (unpaired) electrons. The highest BCUT2D eigenvalue weighted by Crippen LogP contribution is 2.29. The predicted molar refractivity (Wildman–Crippen MR) is 68.9 cm³/mol. The number of aryl methyl sites for hydroxylation is 1. The van der Waals surface area contributed by atoms with Gasteiger partial charge in [-0.15, -0.1) is 0 Å². The minimum absolute atomic E-state index is 0.562. The first-order chi connectivity index (χ1) is 8.74. The largest absolute Gasteiger partial charge is 0.338 e. The highest BCUT2D eigenvalue weighted by atomic mass is 32.1. The van der Waals surface area contributed by atoms with Gasteiger partial charge >= 0.3 is 0 Å². The average Bonchev–Trinajstić information content (AvgIpc) is 2.94. The van der Waals surface area contributed by atoms with Crippen molar-refractivity contribution in [2.24, 2.45) is 0 Å². The van der Waals surface area contributed by atoms with Crippen LogP contribution in [0.3, 0.4) is 0 Å². The normalized spacial score (nSPS) is 10.4. The molecule has 88 valence electrons. The molecule has 0 amide bonds. The van der Waals surface area contributed by atoms with Crippen molar-refractivity contribution < 1.29 is 4.52 Å². The standard InChI is InChI=1S/C12H8N4OS/c1-7-4-11(17-16-7)15-12-14-9-3-2-8(6-13)5-10(9)18-12/h2-5H,1H3,(H,14,15). The molecule has 0 aliphatic carbocycles. The van der Waals surface area contributed by atoms with Gasteiger partial charge in [0.2, 0.25) is 5.88 Å². The summed E-state index contributed by atoms with van der Waals surface area (Å²) in [7, 11) is 0. The monoisotopic (exact) mass is 256 g/mol. The molecule has 0 bridgehead atoms. The molecule has 18 heavy (non-hydrogen) atoms. The molecule has 0 atom stereocenters. The van der Waals surface area contributed by atoms with Crippen LogP contribution in [0, 0.1) is 18.3 Å². The fourth-order valence-electron chi connectivity index (χ4n) is 1.58. The van der Waals surface area contributed by atoms with E-state index in [1.54, 1.807) is 12.1 Å². The molecule has 0 fully saturated rings. The van der Waals surface area contributed by atoms with Gasteiger partial charge in [-0.25, -0.2) is 4.98 Å². The van der Waals surface area contributed by atoms with E-state index in [1.165, 1.54) is 11.3 Å². The summed E-state index contributed by atoms with van der Waals surface area (Å²) < 4.78 is 6.03. The summed E-state index contributed by atoms with van der Waals surface area (Å²) in [6.07, 6.45) is 0. The number of hydrogen-bond acceptors (Lipinski definition) is 6. The van der Waals surface area contributed by atoms with Crippen LogP contribution in [0.1, 0.15) is 11.3 Å². The number of rotatable bonds is 2. The van der Waals surface area contributed by atoms with Gasteiger partial charge in [-0.3, -0.25) is 5.32 Å². The fourth-order valence-corrected chi connectivity index (χ4v) is 2.48. The molecule has 0 aliphatic rings. The lowest BCUT2D eigenvalue weighted by molar-refractivity contribution is 0.430. The molecule has 0 saturated carbocycles. The van der Waals surface area contributed by atoms with Gasteiger partial charge in [-0.2, -0.15) is 5.26 Å². The van der Waals surface area contributed by atoms with Gasteiger partial charge in [0.25, 0.3) is 0 Å². The van der Waals surface area contributed by atoms with Crippen molar-refractivity contribution >= 4 is 32.6 Å². The third-order valence-electron chi connectivity index (χ3n) is 2.38. The van der Waals surface area contributed by atoms with Crippen molar-refractivity contribution in [3.05, 3.63) is 35.5 Å². The molecule has 0 unspecified atom stereocenters. The minimum Gasteiger partial charge on any atom is -0.338 e. The first-order valence-electron chi connectivity index (χ1n) is 5.25. The summed E-state index contributed by atoms with van der Waals surface area (Å²) in [6.45, 7) is 1.85. The first kappa shape index (κ1) is 10.7. The molecular formula is C12H8N4OS. The molecule has 1 aromatic carbocycles. The quantitative estimate of drug-likeness (QED) is 0.762. The van der Waals surface area contributed by atoms with E-state index in [9.17, 15) is 0 Å². The third kappa shape index (κ3) is 1.92. The van der Waals surface area contributed by atoms with Crippen LogP contribution in [-0.2, 0) is 0 Å². The van der Waals surface area contributed by atoms with E-state index in [-0.39, 0.29) is 0 Å². The zero-order valence-corrected chi connectivity index (χ0v) is 10.3. The van der Waals surface area contributed by atoms with Crippen molar-refractivity contribution in [2.45, 2.75) is 6.92 Å². The number of thiazole rings is 1. The van der Waals surface area contributed by atoms with Crippen molar-refractivity contribution in [1.29, 1.82) is 5.26 Å². The maximum atomic E-state index is 8.84. The molecular weight excluding hydrogens is 248 g/mol. The molecule has 3 rings (SSSR count). The Bertz CT molecular complexity index is 753. The smallest absolute Gasteiger partial charge is 0.231 e. The number of aromatic nitrogens is 2. The highest BCUT2D eigenvalue weighted by Gasteiger charge is 2.07. The van der Waals surface area contributed by atoms with Gasteiger partial charge < -0.3 is 4.52 Å². The number of benzene rings is 1. The summed E-state index contributed by atoms with van der Waals surface area (Å²) in [5.74, 6) is 0.562. The summed E-state index contributed by atoms with van der Waals surface area (Å²) in [5.41, 5.74) is 2.30. The van der Waals surface area contributed by atoms with E-state index < -0.39 is 0 Å². The lowest BCUT2D eigenvalue weighted by Crippen LogP contribution is -1.85. The van der Waals surface area contributed by atoms with Crippen molar-refractivity contribution in [3.63, 3.8) is 0 Å². The Balaban J connectivity index is 1.96. The fraction of sp³-hybridized carbons (Fsp3) is 0.0833. The van der Waals surface area contributed by atoms with Gasteiger partial charge in [0.15, 0.2) is 5.13 Å². The number of nitrogens with zero attached hydrogens (tertiary/aromatic N) is 3. The Labute approximate surface area is 107 Å². The van der Waals surface area contributed by atoms with Gasteiger partial charge in [-0.05, 0) is 25.1 Å². The van der Waals surface area contributed by atoms with E-state index >= 15 is 0 Å². The molecule has 0 spiro atoms. The molecule has 0 saturated heterocycles. The second-order valence-corrected chi connectivity index (χ2v) is 4.80. The second-order valence-electron chi connectivity index (χ2n) is 3.77. The number of nitrogens with one attached hydrogen (secondary N) is 1. The van der Waals surface area contributed by atoms with Crippen LogP contribution < -0.4 is 5.32 Å². The Morgan fingerprint density at radius 1 is 1.39 bits per heavy atom. The summed E-state index contributed by atoms with van der Waals surface area (Å²) in [4.78, 5) is 4.40. The summed E-state index contributed by atoms with van der Waals surface area (Å²) in [5, 5.41) is 16.4. The van der Waals surface area contributed by atoms with Crippen LogP contribution in [0.2, 0.25) is 0 Å². The number of fused-ring (bicyclic) bond motifs is 1. The van der Waals surface area contributed by atoms with E-state index in [1.807, 2.05) is 19.1 Å². The van der Waals surface area contributed by atoms with Crippen molar-refractivity contribution in [3.8, 4) is 6.07 Å². The first-order valence-corrected chi connectivity index (χ1v) is 6.07. The van der Waals surface area contributed by atoms with Gasteiger partial charge in [-0.1, -0.05) is 16.5 Å². The van der Waals surface area contributed by atoms with E-state index in [2.05, 4.69) is 21.5 Å². The summed E-state index contributed by atoms with van der Waals surface area (Å²) in [6, 6.07) is 9.32. The summed E-state index contributed by atoms with van der Waals surface area (Å²) >= 11 is 1.47. The zero-order chi connectivity index (χ0) is 12.5. The number of nitriles is 1. The number of anilines is 2. The molecule has 0 aliphatic heterocycles. The maximum absolute atomic E-state index is 8.84. The SMILES string of the molecule is Cc1cc(Nc2nc3ccc(C#N)cc3s2)on1. The Morgan fingerprint density at radius 2 is 2.28 bits per heavy atom. The lowest BCUT2D eigenvalue weighted by atomic mass is 10.2. The molecule has 2 aromatic heterocycles. The Morgan fingerprint density at radius 3 is 3.00 bits per heavy atom.